The van der Waals surface area contributed by atoms with E-state index in [-0.39, 0.29) is 36.1 Å². The number of halogens is 4. The summed E-state index contributed by atoms with van der Waals surface area (Å²) in [6.07, 6.45) is -0.929. The van der Waals surface area contributed by atoms with Gasteiger partial charge in [-0.3, -0.25) is 4.90 Å². The van der Waals surface area contributed by atoms with Gasteiger partial charge in [0.05, 0.1) is 24.8 Å². The summed E-state index contributed by atoms with van der Waals surface area (Å²) in [6.45, 7) is 2.98. The van der Waals surface area contributed by atoms with Gasteiger partial charge in [0.1, 0.15) is 24.1 Å². The van der Waals surface area contributed by atoms with Crippen LogP contribution in [-0.4, -0.2) is 72.4 Å². The lowest BCUT2D eigenvalue weighted by Gasteiger charge is -2.32. The van der Waals surface area contributed by atoms with E-state index in [1.807, 2.05) is 4.57 Å². The van der Waals surface area contributed by atoms with Gasteiger partial charge in [-0.15, -0.1) is 0 Å². The number of likely N-dealkylation sites (tertiary alicyclic amines) is 1. The van der Waals surface area contributed by atoms with E-state index >= 15 is 0 Å². The van der Waals surface area contributed by atoms with Crippen molar-refractivity contribution in [1.82, 2.24) is 29.4 Å². The number of imidazole rings is 1. The molecule has 11 nitrogen and oxygen atoms in total. The molecular weight excluding hydrogens is 588 g/mol. The van der Waals surface area contributed by atoms with Crippen LogP contribution in [0.4, 0.5) is 17.6 Å². The summed E-state index contributed by atoms with van der Waals surface area (Å²) in [6, 6.07) is 6.77. The summed E-state index contributed by atoms with van der Waals surface area (Å²) in [5.41, 5.74) is 0.0163. The number of pyridine rings is 1. The van der Waals surface area contributed by atoms with Crippen LogP contribution in [0.5, 0.6) is 11.6 Å². The van der Waals surface area contributed by atoms with Gasteiger partial charge in [-0.25, -0.2) is 24.1 Å². The van der Waals surface area contributed by atoms with Crippen molar-refractivity contribution in [3.63, 3.8) is 0 Å². The zero-order valence-corrected chi connectivity index (χ0v) is 23.3. The average Bonchev–Trinajstić information content (AvgIpc) is 3.30. The fourth-order valence-electron chi connectivity index (χ4n) is 5.12. The lowest BCUT2D eigenvalue weighted by molar-refractivity contribution is -0.137. The van der Waals surface area contributed by atoms with Crippen LogP contribution in [0.2, 0.25) is 0 Å². The molecule has 0 spiro atoms. The number of alkyl halides is 3. The second kappa shape index (κ2) is 12.3. The fourth-order valence-corrected chi connectivity index (χ4v) is 5.12. The maximum atomic E-state index is 14.1. The third-order valence-electron chi connectivity index (χ3n) is 7.55. The SMILES string of the molecule is O=C(O)c1ccc2nc(CN3CCC(Oc4ccnc(COc5ccc(C(F)(F)F)cc5F)n4)CC3)n(C[C@@H]3CCO3)c2n1. The normalized spacial score (nSPS) is 17.9. The molecule has 4 aromatic rings. The summed E-state index contributed by atoms with van der Waals surface area (Å²) in [4.78, 5) is 31.2. The first-order chi connectivity index (χ1) is 21.1. The Morgan fingerprint density at radius 3 is 2.55 bits per heavy atom. The van der Waals surface area contributed by atoms with Crippen molar-refractivity contribution in [2.24, 2.45) is 0 Å². The number of ether oxygens (including phenoxy) is 3. The van der Waals surface area contributed by atoms with Crippen LogP contribution in [-0.2, 0) is 30.6 Å². The van der Waals surface area contributed by atoms with Gasteiger partial charge in [-0.2, -0.15) is 18.2 Å². The molecule has 44 heavy (non-hydrogen) atoms. The Balaban J connectivity index is 1.05. The topological polar surface area (TPSA) is 125 Å². The molecule has 0 amide bonds. The molecule has 6 rings (SSSR count). The van der Waals surface area contributed by atoms with Gasteiger partial charge in [0.15, 0.2) is 28.7 Å². The maximum Gasteiger partial charge on any atom is 0.416 e. The molecule has 232 valence electrons. The molecule has 1 atom stereocenters. The number of rotatable bonds is 10. The van der Waals surface area contributed by atoms with Crippen molar-refractivity contribution in [2.45, 2.75) is 57.3 Å². The average molecular weight is 617 g/mol. The van der Waals surface area contributed by atoms with Gasteiger partial charge >= 0.3 is 12.1 Å². The molecule has 2 aliphatic rings. The fraction of sp³-hybridized carbons (Fsp3) is 0.414. The van der Waals surface area contributed by atoms with Crippen molar-refractivity contribution >= 4 is 17.1 Å². The van der Waals surface area contributed by atoms with Crippen LogP contribution < -0.4 is 9.47 Å². The van der Waals surface area contributed by atoms with Gasteiger partial charge in [-0.1, -0.05) is 0 Å². The zero-order valence-electron chi connectivity index (χ0n) is 23.3. The number of hydrogen-bond acceptors (Lipinski definition) is 9. The van der Waals surface area contributed by atoms with Crippen molar-refractivity contribution in [1.29, 1.82) is 0 Å². The minimum atomic E-state index is -4.66. The molecule has 0 radical (unpaired) electrons. The molecule has 0 unspecified atom stereocenters. The van der Waals surface area contributed by atoms with Gasteiger partial charge in [-0.05, 0) is 49.6 Å². The van der Waals surface area contributed by atoms with Crippen LogP contribution in [0.3, 0.4) is 0 Å². The number of carboxylic acids is 1. The lowest BCUT2D eigenvalue weighted by Crippen LogP contribution is -2.39. The molecule has 15 heteroatoms. The highest BCUT2D eigenvalue weighted by Gasteiger charge is 2.31. The van der Waals surface area contributed by atoms with E-state index in [1.54, 1.807) is 12.1 Å². The Morgan fingerprint density at radius 1 is 1.07 bits per heavy atom. The van der Waals surface area contributed by atoms with Crippen molar-refractivity contribution in [3.8, 4) is 11.6 Å². The van der Waals surface area contributed by atoms with Crippen LogP contribution in [0.1, 0.15) is 47.0 Å². The summed E-state index contributed by atoms with van der Waals surface area (Å²) in [5, 5.41) is 9.41. The predicted octanol–water partition coefficient (Wildman–Crippen LogP) is 4.49. The Bertz CT molecular complexity index is 1650. The van der Waals surface area contributed by atoms with Crippen molar-refractivity contribution < 1.29 is 41.7 Å². The third-order valence-corrected chi connectivity index (χ3v) is 7.55. The lowest BCUT2D eigenvalue weighted by atomic mass is 10.1. The molecule has 2 aliphatic heterocycles. The van der Waals surface area contributed by atoms with Gasteiger partial charge in [0.2, 0.25) is 5.88 Å². The maximum absolute atomic E-state index is 14.1. The van der Waals surface area contributed by atoms with E-state index in [4.69, 9.17) is 19.2 Å². The minimum Gasteiger partial charge on any atom is -0.483 e. The molecule has 2 saturated heterocycles. The van der Waals surface area contributed by atoms with E-state index in [0.29, 0.717) is 55.6 Å². The molecule has 2 fully saturated rings. The van der Waals surface area contributed by atoms with Gasteiger partial charge in [0, 0.05) is 32.0 Å². The Morgan fingerprint density at radius 2 is 1.86 bits per heavy atom. The van der Waals surface area contributed by atoms with Crippen molar-refractivity contribution in [2.75, 3.05) is 19.7 Å². The largest absolute Gasteiger partial charge is 0.483 e. The summed E-state index contributed by atoms with van der Waals surface area (Å²) in [5.74, 6) is -1.28. The molecule has 0 bridgehead atoms. The second-order valence-electron chi connectivity index (χ2n) is 10.6. The second-order valence-corrected chi connectivity index (χ2v) is 10.6. The quantitative estimate of drug-likeness (QED) is 0.255. The Labute approximate surface area is 248 Å². The van der Waals surface area contributed by atoms with Crippen LogP contribution in [0.15, 0.2) is 42.6 Å². The number of benzene rings is 1. The highest BCUT2D eigenvalue weighted by atomic mass is 19.4. The molecule has 5 heterocycles. The van der Waals surface area contributed by atoms with E-state index in [9.17, 15) is 27.5 Å². The number of hydrogen-bond donors (Lipinski definition) is 1. The van der Waals surface area contributed by atoms with E-state index < -0.39 is 23.5 Å². The smallest absolute Gasteiger partial charge is 0.416 e. The number of aromatic carboxylic acids is 1. The summed E-state index contributed by atoms with van der Waals surface area (Å²) < 4.78 is 71.4. The van der Waals surface area contributed by atoms with E-state index in [1.165, 1.54) is 12.3 Å². The number of fused-ring (bicyclic) bond motifs is 1. The number of piperidine rings is 1. The van der Waals surface area contributed by atoms with E-state index in [2.05, 4.69) is 19.9 Å². The summed E-state index contributed by atoms with van der Waals surface area (Å²) in [7, 11) is 0. The molecule has 0 saturated carbocycles. The van der Waals surface area contributed by atoms with Gasteiger partial charge < -0.3 is 23.9 Å². The Hall–Kier alpha value is -4.37. The van der Waals surface area contributed by atoms with Gasteiger partial charge in [0.25, 0.3) is 0 Å². The number of aromatic nitrogens is 5. The first kappa shape index (κ1) is 29.7. The first-order valence-corrected chi connectivity index (χ1v) is 14.0. The summed E-state index contributed by atoms with van der Waals surface area (Å²) >= 11 is 0. The highest BCUT2D eigenvalue weighted by molar-refractivity contribution is 5.88. The zero-order chi connectivity index (χ0) is 30.8. The highest BCUT2D eigenvalue weighted by Crippen LogP contribution is 2.32. The van der Waals surface area contributed by atoms with Crippen LogP contribution >= 0.6 is 0 Å². The molecule has 1 aromatic carbocycles. The number of nitrogens with zero attached hydrogens (tertiary/aromatic N) is 6. The molecular formula is C29H28F4N6O5. The molecule has 3 aromatic heterocycles. The monoisotopic (exact) mass is 616 g/mol. The standard InChI is InChI=1S/C29H28F4N6O5/c30-20-13-17(29(31,32)33)1-4-23(20)43-16-24-34-9-5-26(37-24)44-18-6-10-38(11-7-18)15-25-35-21-2-3-22(28(40)41)36-27(21)39(25)14-19-8-12-42-19/h1-5,9,13,18-19H,6-8,10-12,14-16H2,(H,40,41)/t19-/m0/s1. The van der Waals surface area contributed by atoms with E-state index in [0.717, 1.165) is 37.5 Å². The number of carbonyl (C=O) groups is 1. The minimum absolute atomic E-state index is 0.0381. The first-order valence-electron chi connectivity index (χ1n) is 14.0. The number of carboxylic acid groups (broad SMARTS) is 1. The third kappa shape index (κ3) is 6.73. The Kier molecular flexibility index (Phi) is 8.31. The van der Waals surface area contributed by atoms with Crippen LogP contribution in [0.25, 0.3) is 11.2 Å². The predicted molar refractivity (Wildman–Crippen MR) is 146 cm³/mol. The molecule has 1 N–H and O–H groups in total. The van der Waals surface area contributed by atoms with Crippen LogP contribution in [0, 0.1) is 5.82 Å². The van der Waals surface area contributed by atoms with Crippen molar-refractivity contribution in [3.05, 3.63) is 71.3 Å². The molecule has 0 aliphatic carbocycles.